The molecule has 1 heteroatoms. The molecule has 78 valence electrons. The Bertz CT molecular complexity index is 161. The molecule has 1 atom stereocenters. The highest BCUT2D eigenvalue weighted by atomic mass is 15.2. The van der Waals surface area contributed by atoms with E-state index >= 15 is 0 Å². The van der Waals surface area contributed by atoms with Crippen LogP contribution >= 0.6 is 0 Å². The van der Waals surface area contributed by atoms with E-state index in [1.54, 1.807) is 0 Å². The average Bonchev–Trinajstić information content (AvgIpc) is 2.02. The summed E-state index contributed by atoms with van der Waals surface area (Å²) in [5, 5.41) is 0. The van der Waals surface area contributed by atoms with E-state index in [9.17, 15) is 0 Å². The Morgan fingerprint density at radius 3 is 2.31 bits per heavy atom. The minimum atomic E-state index is 0.525. The molecule has 1 saturated carbocycles. The van der Waals surface area contributed by atoms with Crippen LogP contribution in [0.15, 0.2) is 0 Å². The van der Waals surface area contributed by atoms with Crippen molar-refractivity contribution < 1.29 is 0 Å². The summed E-state index contributed by atoms with van der Waals surface area (Å²) in [5.41, 5.74) is 0.525. The summed E-state index contributed by atoms with van der Waals surface area (Å²) in [4.78, 5) is 2.55. The van der Waals surface area contributed by atoms with E-state index in [1.165, 1.54) is 25.7 Å². The molecule has 1 nitrogen and oxygen atoms in total. The van der Waals surface area contributed by atoms with Crippen molar-refractivity contribution in [1.29, 1.82) is 0 Å². The standard InChI is InChI=1S/C12H25N/c1-10(2)13(5)11-8-6-7-9-12(11,3)4/h10-11H,6-9H2,1-5H3. The average molecular weight is 183 g/mol. The third kappa shape index (κ3) is 2.46. The first-order valence-electron chi connectivity index (χ1n) is 5.67. The van der Waals surface area contributed by atoms with Gasteiger partial charge < -0.3 is 4.90 Å². The van der Waals surface area contributed by atoms with Crippen molar-refractivity contribution in [2.24, 2.45) is 5.41 Å². The van der Waals surface area contributed by atoms with Crippen LogP contribution in [0.4, 0.5) is 0 Å². The summed E-state index contributed by atoms with van der Waals surface area (Å²) < 4.78 is 0. The molecule has 0 aromatic carbocycles. The molecule has 1 aliphatic rings. The molecule has 13 heavy (non-hydrogen) atoms. The lowest BCUT2D eigenvalue weighted by Crippen LogP contribution is -2.47. The number of nitrogens with zero attached hydrogens (tertiary/aromatic N) is 1. The van der Waals surface area contributed by atoms with Crippen molar-refractivity contribution in [2.45, 2.75) is 65.5 Å². The SMILES string of the molecule is CC(C)N(C)C1CCCCC1(C)C. The van der Waals surface area contributed by atoms with Crippen molar-refractivity contribution in [1.82, 2.24) is 4.90 Å². The van der Waals surface area contributed by atoms with Crippen LogP contribution in [-0.2, 0) is 0 Å². The Hall–Kier alpha value is -0.0400. The molecular weight excluding hydrogens is 158 g/mol. The van der Waals surface area contributed by atoms with Crippen LogP contribution < -0.4 is 0 Å². The van der Waals surface area contributed by atoms with Gasteiger partial charge in [-0.05, 0) is 39.2 Å². The molecule has 1 rings (SSSR count). The van der Waals surface area contributed by atoms with Crippen LogP contribution in [0.1, 0.15) is 53.4 Å². The molecular formula is C12H25N. The second-order valence-corrected chi connectivity index (χ2v) is 5.51. The Kier molecular flexibility index (Phi) is 3.39. The van der Waals surface area contributed by atoms with Gasteiger partial charge in [-0.1, -0.05) is 26.7 Å². The van der Waals surface area contributed by atoms with Gasteiger partial charge in [-0.25, -0.2) is 0 Å². The molecule has 0 amide bonds. The second-order valence-electron chi connectivity index (χ2n) is 5.51. The van der Waals surface area contributed by atoms with Gasteiger partial charge in [0.25, 0.3) is 0 Å². The highest BCUT2D eigenvalue weighted by Gasteiger charge is 2.35. The largest absolute Gasteiger partial charge is 0.300 e. The first-order valence-corrected chi connectivity index (χ1v) is 5.67. The fourth-order valence-corrected chi connectivity index (χ4v) is 2.59. The van der Waals surface area contributed by atoms with E-state index in [0.29, 0.717) is 11.5 Å². The molecule has 1 aliphatic carbocycles. The molecule has 0 aromatic rings. The topological polar surface area (TPSA) is 3.24 Å². The van der Waals surface area contributed by atoms with Gasteiger partial charge in [0.05, 0.1) is 0 Å². The molecule has 0 aliphatic heterocycles. The van der Waals surface area contributed by atoms with Crippen molar-refractivity contribution in [3.8, 4) is 0 Å². The summed E-state index contributed by atoms with van der Waals surface area (Å²) in [6.45, 7) is 9.45. The summed E-state index contributed by atoms with van der Waals surface area (Å²) in [5.74, 6) is 0. The van der Waals surface area contributed by atoms with Crippen LogP contribution in [0.3, 0.4) is 0 Å². The summed E-state index contributed by atoms with van der Waals surface area (Å²) in [6.07, 6.45) is 5.64. The Morgan fingerprint density at radius 1 is 1.23 bits per heavy atom. The van der Waals surface area contributed by atoms with Crippen LogP contribution in [0.25, 0.3) is 0 Å². The maximum Gasteiger partial charge on any atom is 0.0146 e. The zero-order valence-electron chi connectivity index (χ0n) is 9.93. The highest BCUT2D eigenvalue weighted by Crippen LogP contribution is 2.38. The first kappa shape index (κ1) is 11.0. The zero-order chi connectivity index (χ0) is 10.1. The number of rotatable bonds is 2. The Morgan fingerprint density at radius 2 is 1.85 bits per heavy atom. The third-order valence-electron chi connectivity index (χ3n) is 3.76. The fraction of sp³-hybridized carbons (Fsp3) is 1.00. The summed E-state index contributed by atoms with van der Waals surface area (Å²) in [6, 6.07) is 1.48. The van der Waals surface area contributed by atoms with Crippen molar-refractivity contribution in [2.75, 3.05) is 7.05 Å². The lowest BCUT2D eigenvalue weighted by atomic mass is 9.72. The molecule has 0 heterocycles. The molecule has 0 bridgehead atoms. The lowest BCUT2D eigenvalue weighted by Gasteiger charge is -2.45. The Labute approximate surface area is 83.5 Å². The van der Waals surface area contributed by atoms with E-state index in [0.717, 1.165) is 6.04 Å². The van der Waals surface area contributed by atoms with E-state index in [2.05, 4.69) is 39.6 Å². The molecule has 0 saturated heterocycles. The van der Waals surface area contributed by atoms with E-state index in [4.69, 9.17) is 0 Å². The van der Waals surface area contributed by atoms with Crippen molar-refractivity contribution in [3.05, 3.63) is 0 Å². The van der Waals surface area contributed by atoms with Gasteiger partial charge in [-0.3, -0.25) is 0 Å². The van der Waals surface area contributed by atoms with Crippen LogP contribution in [0, 0.1) is 5.41 Å². The maximum absolute atomic E-state index is 2.55. The normalized spacial score (nSPS) is 28.4. The summed E-state index contributed by atoms with van der Waals surface area (Å²) >= 11 is 0. The van der Waals surface area contributed by atoms with E-state index in [1.807, 2.05) is 0 Å². The van der Waals surface area contributed by atoms with Crippen LogP contribution in [0.2, 0.25) is 0 Å². The van der Waals surface area contributed by atoms with Gasteiger partial charge in [-0.15, -0.1) is 0 Å². The molecule has 1 fully saturated rings. The minimum Gasteiger partial charge on any atom is -0.300 e. The summed E-state index contributed by atoms with van der Waals surface area (Å²) in [7, 11) is 2.28. The van der Waals surface area contributed by atoms with Gasteiger partial charge in [0.15, 0.2) is 0 Å². The predicted octanol–water partition coefficient (Wildman–Crippen LogP) is 3.30. The first-order chi connectivity index (χ1) is 5.95. The monoisotopic (exact) mass is 183 g/mol. The van der Waals surface area contributed by atoms with E-state index < -0.39 is 0 Å². The van der Waals surface area contributed by atoms with Crippen LogP contribution in [-0.4, -0.2) is 24.0 Å². The van der Waals surface area contributed by atoms with Crippen molar-refractivity contribution >= 4 is 0 Å². The zero-order valence-corrected chi connectivity index (χ0v) is 9.93. The molecule has 0 N–H and O–H groups in total. The van der Waals surface area contributed by atoms with Gasteiger partial charge in [0.2, 0.25) is 0 Å². The smallest absolute Gasteiger partial charge is 0.0146 e. The van der Waals surface area contributed by atoms with E-state index in [-0.39, 0.29) is 0 Å². The number of hydrogen-bond acceptors (Lipinski definition) is 1. The fourth-order valence-electron chi connectivity index (χ4n) is 2.59. The quantitative estimate of drug-likeness (QED) is 0.635. The maximum atomic E-state index is 2.55. The lowest BCUT2D eigenvalue weighted by molar-refractivity contribution is 0.0481. The molecule has 1 unspecified atom stereocenters. The van der Waals surface area contributed by atoms with Gasteiger partial charge in [0, 0.05) is 12.1 Å². The van der Waals surface area contributed by atoms with Gasteiger partial charge in [-0.2, -0.15) is 0 Å². The van der Waals surface area contributed by atoms with Crippen molar-refractivity contribution in [3.63, 3.8) is 0 Å². The second kappa shape index (κ2) is 4.00. The number of hydrogen-bond donors (Lipinski definition) is 0. The molecule has 0 spiro atoms. The van der Waals surface area contributed by atoms with Gasteiger partial charge in [0.1, 0.15) is 0 Å². The third-order valence-corrected chi connectivity index (χ3v) is 3.76. The minimum absolute atomic E-state index is 0.525. The Balaban J connectivity index is 2.65. The highest BCUT2D eigenvalue weighted by molar-refractivity contribution is 4.89. The van der Waals surface area contributed by atoms with Crippen LogP contribution in [0.5, 0.6) is 0 Å². The molecule has 0 aromatic heterocycles. The predicted molar refractivity (Wildman–Crippen MR) is 58.9 cm³/mol. The van der Waals surface area contributed by atoms with Gasteiger partial charge >= 0.3 is 0 Å². The molecule has 0 radical (unpaired) electrons.